The number of allylic oxidation sites excluding steroid dienone is 1. The van der Waals surface area contributed by atoms with Gasteiger partial charge in [-0.3, -0.25) is 13.3 Å². The lowest BCUT2D eigenvalue weighted by Gasteiger charge is -2.36. The van der Waals surface area contributed by atoms with Crippen LogP contribution in [0.4, 0.5) is 5.69 Å². The van der Waals surface area contributed by atoms with Crippen molar-refractivity contribution in [3.63, 3.8) is 0 Å². The summed E-state index contributed by atoms with van der Waals surface area (Å²) in [7, 11) is 0. The number of esters is 1. The highest BCUT2D eigenvalue weighted by atomic mass is 32.2. The van der Waals surface area contributed by atoms with E-state index in [4.69, 9.17) is 4.74 Å². The van der Waals surface area contributed by atoms with Gasteiger partial charge in [0.15, 0.2) is 0 Å². The maximum absolute atomic E-state index is 11.9. The molecule has 128 valence electrons. The van der Waals surface area contributed by atoms with Gasteiger partial charge >= 0.3 is 5.97 Å². The molecular weight excluding hydrogens is 314 g/mol. The van der Waals surface area contributed by atoms with Gasteiger partial charge in [0.05, 0.1) is 19.1 Å². The number of aryl methyl sites for hydroxylation is 1. The van der Waals surface area contributed by atoms with Gasteiger partial charge in [0.25, 0.3) is 0 Å². The van der Waals surface area contributed by atoms with Crippen molar-refractivity contribution in [3.05, 3.63) is 42.0 Å². The third kappa shape index (κ3) is 5.80. The van der Waals surface area contributed by atoms with Gasteiger partial charge in [-0.15, -0.1) is 0 Å². The van der Waals surface area contributed by atoms with Crippen molar-refractivity contribution in [1.82, 2.24) is 0 Å². The predicted octanol–water partition coefficient (Wildman–Crippen LogP) is 3.13. The molecule has 6 heteroatoms. The second kappa shape index (κ2) is 9.47. The number of rotatable bonds is 8. The molecule has 1 rings (SSSR count). The van der Waals surface area contributed by atoms with E-state index in [0.717, 1.165) is 5.56 Å². The van der Waals surface area contributed by atoms with Crippen LogP contribution in [0.25, 0.3) is 0 Å². The predicted molar refractivity (Wildman–Crippen MR) is 91.6 cm³/mol. The second-order valence-corrected chi connectivity index (χ2v) is 6.17. The van der Waals surface area contributed by atoms with E-state index < -0.39 is 23.3 Å². The molecule has 0 aliphatic heterocycles. The highest BCUT2D eigenvalue weighted by Gasteiger charge is 2.27. The van der Waals surface area contributed by atoms with Crippen LogP contribution in [0.15, 0.2) is 36.4 Å². The smallest absolute Gasteiger partial charge is 0.307 e. The normalized spacial score (nSPS) is 15.2. The van der Waals surface area contributed by atoms with Crippen LogP contribution in [0.5, 0.6) is 0 Å². The molecule has 0 radical (unpaired) electrons. The molecular formula is C17H24NO4S-. The fourth-order valence-corrected chi connectivity index (χ4v) is 3.17. The molecule has 0 spiro atoms. The van der Waals surface area contributed by atoms with E-state index >= 15 is 0 Å². The molecule has 0 saturated heterocycles. The Morgan fingerprint density at radius 1 is 1.39 bits per heavy atom. The van der Waals surface area contributed by atoms with Gasteiger partial charge in [-0.25, -0.2) is 0 Å². The van der Waals surface area contributed by atoms with E-state index in [2.05, 4.69) is 0 Å². The Hall–Kier alpha value is -1.66. The Kier molecular flexibility index (Phi) is 7.98. The van der Waals surface area contributed by atoms with E-state index in [1.807, 2.05) is 45.1 Å². The molecule has 0 aliphatic carbocycles. The monoisotopic (exact) mass is 338 g/mol. The van der Waals surface area contributed by atoms with Crippen LogP contribution in [0.1, 0.15) is 32.8 Å². The summed E-state index contributed by atoms with van der Waals surface area (Å²) in [5.41, 5.74) is 1.57. The van der Waals surface area contributed by atoms with Gasteiger partial charge in [-0.2, -0.15) is 0 Å². The number of carbonyl (C=O) groups excluding carboxylic acids is 1. The van der Waals surface area contributed by atoms with Gasteiger partial charge in [0.1, 0.15) is 0 Å². The molecule has 0 fully saturated rings. The van der Waals surface area contributed by atoms with Crippen LogP contribution in [0, 0.1) is 12.8 Å². The Morgan fingerprint density at radius 3 is 2.48 bits per heavy atom. The summed E-state index contributed by atoms with van der Waals surface area (Å²) in [6.45, 7) is 7.68. The SMILES string of the molecule is CC=CC(C)C(CC(=O)OCC)N(c1ccc(C)cc1)S(=O)[O-]. The van der Waals surface area contributed by atoms with Crippen molar-refractivity contribution < 1.29 is 18.3 Å². The first kappa shape index (κ1) is 19.4. The third-order valence-electron chi connectivity index (χ3n) is 3.53. The number of ether oxygens (including phenoxy) is 1. The van der Waals surface area contributed by atoms with Crippen molar-refractivity contribution in [2.24, 2.45) is 5.92 Å². The first-order chi connectivity index (χ1) is 10.9. The molecule has 3 unspecified atom stereocenters. The van der Waals surface area contributed by atoms with Gasteiger partial charge in [0.2, 0.25) is 0 Å². The average molecular weight is 338 g/mol. The van der Waals surface area contributed by atoms with Crippen LogP contribution in [0.2, 0.25) is 0 Å². The molecule has 0 amide bonds. The fourth-order valence-electron chi connectivity index (χ4n) is 2.38. The minimum atomic E-state index is -2.49. The molecule has 1 aromatic rings. The maximum atomic E-state index is 11.9. The summed E-state index contributed by atoms with van der Waals surface area (Å²) in [6, 6.07) is 6.64. The third-order valence-corrected chi connectivity index (χ3v) is 4.34. The second-order valence-electron chi connectivity index (χ2n) is 5.34. The largest absolute Gasteiger partial charge is 0.755 e. The molecule has 0 heterocycles. The van der Waals surface area contributed by atoms with Crippen molar-refractivity contribution in [2.45, 2.75) is 40.2 Å². The lowest BCUT2D eigenvalue weighted by molar-refractivity contribution is -0.143. The summed E-state index contributed by atoms with van der Waals surface area (Å²) < 4.78 is 29.9. The number of nitrogens with zero attached hydrogens (tertiary/aromatic N) is 1. The summed E-state index contributed by atoms with van der Waals surface area (Å²) >= 11 is -2.49. The van der Waals surface area contributed by atoms with Crippen molar-refractivity contribution in [3.8, 4) is 0 Å². The van der Waals surface area contributed by atoms with Gasteiger partial charge in [-0.1, -0.05) is 36.8 Å². The van der Waals surface area contributed by atoms with Crippen LogP contribution in [0.3, 0.4) is 0 Å². The topological polar surface area (TPSA) is 69.7 Å². The molecule has 23 heavy (non-hydrogen) atoms. The number of carbonyl (C=O) groups is 1. The van der Waals surface area contributed by atoms with E-state index in [1.54, 1.807) is 19.1 Å². The molecule has 0 bridgehead atoms. The van der Waals surface area contributed by atoms with Gasteiger partial charge < -0.3 is 9.29 Å². The van der Waals surface area contributed by atoms with Crippen LogP contribution in [-0.4, -0.2) is 27.4 Å². The Labute approximate surface area is 140 Å². The average Bonchev–Trinajstić information content (AvgIpc) is 2.48. The highest BCUT2D eigenvalue weighted by Crippen LogP contribution is 2.26. The molecule has 5 nitrogen and oxygen atoms in total. The summed E-state index contributed by atoms with van der Waals surface area (Å²) in [6.07, 6.45) is 3.74. The van der Waals surface area contributed by atoms with E-state index in [1.165, 1.54) is 4.31 Å². The Bertz CT molecular complexity index is 556. The van der Waals surface area contributed by atoms with Gasteiger partial charge in [-0.05, 0) is 38.8 Å². The molecule has 0 saturated carbocycles. The zero-order valence-electron chi connectivity index (χ0n) is 14.0. The first-order valence-electron chi connectivity index (χ1n) is 7.64. The zero-order chi connectivity index (χ0) is 17.4. The minimum Gasteiger partial charge on any atom is -0.755 e. The van der Waals surface area contributed by atoms with Crippen LogP contribution < -0.4 is 4.31 Å². The van der Waals surface area contributed by atoms with Crippen molar-refractivity contribution in [1.29, 1.82) is 0 Å². The standard InChI is InChI=1S/C17H25NO4S/c1-5-7-14(4)16(12-17(19)22-6-2)18(23(20)21)15-10-8-13(3)9-11-15/h5,7-11,14,16H,6,12H2,1-4H3,(H,20,21)/p-1. The van der Waals surface area contributed by atoms with Gasteiger partial charge in [0, 0.05) is 17.0 Å². The highest BCUT2D eigenvalue weighted by molar-refractivity contribution is 7.80. The van der Waals surface area contributed by atoms with Crippen LogP contribution >= 0.6 is 0 Å². The number of benzene rings is 1. The molecule has 0 aromatic heterocycles. The van der Waals surface area contributed by atoms with Crippen molar-refractivity contribution >= 4 is 22.9 Å². The maximum Gasteiger partial charge on any atom is 0.307 e. The van der Waals surface area contributed by atoms with Crippen LogP contribution in [-0.2, 0) is 20.8 Å². The number of hydrogen-bond acceptors (Lipinski definition) is 4. The molecule has 0 aliphatic rings. The van der Waals surface area contributed by atoms with E-state index in [-0.39, 0.29) is 18.9 Å². The summed E-state index contributed by atoms with van der Waals surface area (Å²) in [5, 5.41) is 0. The number of hydrogen-bond donors (Lipinski definition) is 0. The van der Waals surface area contributed by atoms with Crippen molar-refractivity contribution in [2.75, 3.05) is 10.9 Å². The van der Waals surface area contributed by atoms with E-state index in [0.29, 0.717) is 5.69 Å². The zero-order valence-corrected chi connectivity index (χ0v) is 14.8. The minimum absolute atomic E-state index is 0.00119. The molecule has 1 aromatic carbocycles. The summed E-state index contributed by atoms with van der Waals surface area (Å²) in [5.74, 6) is -0.542. The Balaban J connectivity index is 3.18. The van der Waals surface area contributed by atoms with E-state index in [9.17, 15) is 13.6 Å². The lowest BCUT2D eigenvalue weighted by atomic mass is 9.97. The quantitative estimate of drug-likeness (QED) is 0.415. The first-order valence-corrected chi connectivity index (χ1v) is 8.67. The fraction of sp³-hybridized carbons (Fsp3) is 0.471. The molecule has 0 N–H and O–H groups in total. The lowest BCUT2D eigenvalue weighted by Crippen LogP contribution is -2.42. The number of anilines is 1. The summed E-state index contributed by atoms with van der Waals surface area (Å²) in [4.78, 5) is 11.9. The molecule has 3 atom stereocenters. The Morgan fingerprint density at radius 2 is 2.00 bits per heavy atom.